The van der Waals surface area contributed by atoms with Crippen molar-refractivity contribution in [1.29, 1.82) is 0 Å². The van der Waals surface area contributed by atoms with Crippen LogP contribution in [0.2, 0.25) is 0 Å². The molecule has 1 aliphatic rings. The Hall–Kier alpha value is -0.410. The van der Waals surface area contributed by atoms with Gasteiger partial charge in [0.05, 0.1) is 11.7 Å². The molecule has 1 rings (SSSR count). The molecule has 1 fully saturated rings. The highest BCUT2D eigenvalue weighted by Crippen LogP contribution is 2.26. The zero-order valence-corrected chi connectivity index (χ0v) is 11.7. The fourth-order valence-electron chi connectivity index (χ4n) is 2.01. The van der Waals surface area contributed by atoms with Crippen LogP contribution in [-0.2, 0) is 9.53 Å². The van der Waals surface area contributed by atoms with E-state index >= 15 is 0 Å². The van der Waals surface area contributed by atoms with Crippen molar-refractivity contribution in [3.05, 3.63) is 0 Å². The van der Waals surface area contributed by atoms with Crippen molar-refractivity contribution in [2.24, 2.45) is 5.92 Å². The molecule has 1 N–H and O–H groups in total. The van der Waals surface area contributed by atoms with Gasteiger partial charge in [0.1, 0.15) is 6.29 Å². The number of hydrogen-bond donors (Lipinski definition) is 1. The average molecular weight is 244 g/mol. The van der Waals surface area contributed by atoms with Gasteiger partial charge >= 0.3 is 0 Å². The third-order valence-electron chi connectivity index (χ3n) is 2.96. The molecule has 0 bridgehead atoms. The Morgan fingerprint density at radius 3 is 2.47 bits per heavy atom. The summed E-state index contributed by atoms with van der Waals surface area (Å²) in [5, 5.41) is 9.52. The highest BCUT2D eigenvalue weighted by atomic mass is 16.5. The van der Waals surface area contributed by atoms with Crippen LogP contribution in [0.1, 0.15) is 59.8 Å². The number of hydrogen-bond acceptors (Lipinski definition) is 3. The lowest BCUT2D eigenvalue weighted by molar-refractivity contribution is -0.106. The summed E-state index contributed by atoms with van der Waals surface area (Å²) in [4.78, 5) is 8.81. The summed E-state index contributed by atoms with van der Waals surface area (Å²) in [6, 6.07) is 0. The van der Waals surface area contributed by atoms with E-state index in [0.717, 1.165) is 18.6 Å². The molecule has 102 valence electrons. The van der Waals surface area contributed by atoms with Crippen LogP contribution >= 0.6 is 0 Å². The number of carbonyl (C=O) groups excluding carboxylic acids is 1. The molecular weight excluding hydrogens is 216 g/mol. The van der Waals surface area contributed by atoms with Gasteiger partial charge in [0.25, 0.3) is 0 Å². The average Bonchev–Trinajstić information content (AvgIpc) is 2.16. The van der Waals surface area contributed by atoms with Gasteiger partial charge in [-0.1, -0.05) is 19.8 Å². The number of aldehydes is 1. The zero-order chi connectivity index (χ0) is 13.3. The number of carbonyl (C=O) groups is 1. The van der Waals surface area contributed by atoms with Gasteiger partial charge in [0, 0.05) is 6.61 Å². The van der Waals surface area contributed by atoms with E-state index in [-0.39, 0.29) is 0 Å². The first-order valence-electron chi connectivity index (χ1n) is 6.62. The van der Waals surface area contributed by atoms with Crippen molar-refractivity contribution in [3.8, 4) is 0 Å². The van der Waals surface area contributed by atoms with Gasteiger partial charge in [-0.05, 0) is 46.0 Å². The molecule has 0 aromatic carbocycles. The largest absolute Gasteiger partial charge is 0.390 e. The van der Waals surface area contributed by atoms with Crippen LogP contribution in [0.3, 0.4) is 0 Å². The van der Waals surface area contributed by atoms with Crippen molar-refractivity contribution in [2.45, 2.75) is 71.5 Å². The van der Waals surface area contributed by atoms with Gasteiger partial charge < -0.3 is 14.6 Å². The SMILES string of the molecule is CC1CCCC(OCCC(C)(C)O)C1.CC=O. The highest BCUT2D eigenvalue weighted by molar-refractivity contribution is 5.44. The van der Waals surface area contributed by atoms with Crippen LogP contribution < -0.4 is 0 Å². The lowest BCUT2D eigenvalue weighted by Gasteiger charge is -2.27. The minimum absolute atomic E-state index is 0.445. The Kier molecular flexibility index (Phi) is 8.44. The van der Waals surface area contributed by atoms with Gasteiger partial charge in [-0.15, -0.1) is 0 Å². The number of rotatable bonds is 4. The summed E-state index contributed by atoms with van der Waals surface area (Å²) >= 11 is 0. The second kappa shape index (κ2) is 8.65. The molecule has 2 unspecified atom stereocenters. The van der Waals surface area contributed by atoms with Crippen molar-refractivity contribution in [2.75, 3.05) is 6.61 Å². The molecule has 0 aromatic heterocycles. The van der Waals surface area contributed by atoms with E-state index in [1.54, 1.807) is 0 Å². The van der Waals surface area contributed by atoms with Crippen LogP contribution in [-0.4, -0.2) is 29.7 Å². The summed E-state index contributed by atoms with van der Waals surface area (Å²) in [6.07, 6.45) is 6.99. The van der Waals surface area contributed by atoms with Crippen molar-refractivity contribution in [3.63, 3.8) is 0 Å². The van der Waals surface area contributed by atoms with Gasteiger partial charge in [-0.2, -0.15) is 0 Å². The second-order valence-corrected chi connectivity index (χ2v) is 5.56. The van der Waals surface area contributed by atoms with Crippen molar-refractivity contribution >= 4 is 6.29 Å². The molecule has 1 saturated carbocycles. The van der Waals surface area contributed by atoms with E-state index in [2.05, 4.69) is 6.92 Å². The Morgan fingerprint density at radius 1 is 1.41 bits per heavy atom. The molecule has 17 heavy (non-hydrogen) atoms. The predicted molar refractivity (Wildman–Crippen MR) is 70.0 cm³/mol. The third kappa shape index (κ3) is 10.5. The zero-order valence-electron chi connectivity index (χ0n) is 11.7. The number of aliphatic hydroxyl groups is 1. The Bertz CT molecular complexity index is 196. The van der Waals surface area contributed by atoms with E-state index in [4.69, 9.17) is 9.53 Å². The minimum atomic E-state index is -0.583. The van der Waals surface area contributed by atoms with Gasteiger partial charge in [-0.3, -0.25) is 0 Å². The highest BCUT2D eigenvalue weighted by Gasteiger charge is 2.20. The summed E-state index contributed by atoms with van der Waals surface area (Å²) in [5.41, 5.74) is -0.583. The first kappa shape index (κ1) is 16.6. The maximum Gasteiger partial charge on any atom is 0.116 e. The van der Waals surface area contributed by atoms with E-state index in [9.17, 15) is 5.11 Å². The maximum absolute atomic E-state index is 9.52. The molecule has 0 aromatic rings. The molecule has 2 atom stereocenters. The molecular formula is C14H28O3. The van der Waals surface area contributed by atoms with Crippen LogP contribution in [0, 0.1) is 5.92 Å². The minimum Gasteiger partial charge on any atom is -0.390 e. The Morgan fingerprint density at radius 2 is 2.00 bits per heavy atom. The predicted octanol–water partition coefficient (Wildman–Crippen LogP) is 2.95. The van der Waals surface area contributed by atoms with Crippen LogP contribution in [0.25, 0.3) is 0 Å². The van der Waals surface area contributed by atoms with Crippen LogP contribution in [0.15, 0.2) is 0 Å². The smallest absolute Gasteiger partial charge is 0.116 e. The van der Waals surface area contributed by atoms with E-state index < -0.39 is 5.60 Å². The van der Waals surface area contributed by atoms with Crippen LogP contribution in [0.5, 0.6) is 0 Å². The van der Waals surface area contributed by atoms with Crippen LogP contribution in [0.4, 0.5) is 0 Å². The van der Waals surface area contributed by atoms with Crippen molar-refractivity contribution in [1.82, 2.24) is 0 Å². The van der Waals surface area contributed by atoms with E-state index in [0.29, 0.717) is 12.7 Å². The second-order valence-electron chi connectivity index (χ2n) is 5.56. The lowest BCUT2D eigenvalue weighted by atomic mass is 9.89. The normalized spacial score (nSPS) is 24.8. The summed E-state index contributed by atoms with van der Waals surface area (Å²) in [7, 11) is 0. The lowest BCUT2D eigenvalue weighted by Crippen LogP contribution is -2.26. The van der Waals surface area contributed by atoms with E-state index in [1.165, 1.54) is 32.6 Å². The molecule has 1 aliphatic carbocycles. The molecule has 0 amide bonds. The summed E-state index contributed by atoms with van der Waals surface area (Å²) in [6.45, 7) is 8.10. The molecule has 3 nitrogen and oxygen atoms in total. The topological polar surface area (TPSA) is 46.5 Å². The quantitative estimate of drug-likeness (QED) is 0.773. The van der Waals surface area contributed by atoms with Crippen molar-refractivity contribution < 1.29 is 14.6 Å². The van der Waals surface area contributed by atoms with Gasteiger partial charge in [-0.25, -0.2) is 0 Å². The third-order valence-corrected chi connectivity index (χ3v) is 2.96. The summed E-state index contributed by atoms with van der Waals surface area (Å²) < 4.78 is 5.77. The fraction of sp³-hybridized carbons (Fsp3) is 0.929. The summed E-state index contributed by atoms with van der Waals surface area (Å²) in [5.74, 6) is 0.816. The molecule has 0 heterocycles. The molecule has 0 radical (unpaired) electrons. The standard InChI is InChI=1S/C12H24O2.C2H4O/c1-10-5-4-6-11(9-10)14-8-7-12(2,3)13;1-2-3/h10-11,13H,4-9H2,1-3H3;2H,1H3. The monoisotopic (exact) mass is 244 g/mol. The van der Waals surface area contributed by atoms with Gasteiger partial charge in [0.2, 0.25) is 0 Å². The molecule has 0 aliphatic heterocycles. The molecule has 3 heteroatoms. The fourth-order valence-corrected chi connectivity index (χ4v) is 2.01. The van der Waals surface area contributed by atoms with Gasteiger partial charge in [0.15, 0.2) is 0 Å². The van der Waals surface area contributed by atoms with E-state index in [1.807, 2.05) is 13.8 Å². The first-order chi connectivity index (χ1) is 7.89. The molecule has 0 saturated heterocycles. The maximum atomic E-state index is 9.52. The number of ether oxygens (including phenoxy) is 1. The first-order valence-corrected chi connectivity index (χ1v) is 6.62. The Balaban J connectivity index is 0.000000770. The Labute approximate surface area is 106 Å². The molecule has 0 spiro atoms.